The molecule has 0 N–H and O–H groups in total. The van der Waals surface area contributed by atoms with E-state index >= 15 is 0 Å². The summed E-state index contributed by atoms with van der Waals surface area (Å²) in [5, 5.41) is 0. The largest absolute Gasteiger partial charge is 0.497 e. The zero-order valence-electron chi connectivity index (χ0n) is 12.2. The molecule has 0 fully saturated rings. The van der Waals surface area contributed by atoms with Gasteiger partial charge in [0.2, 0.25) is 0 Å². The number of esters is 1. The van der Waals surface area contributed by atoms with E-state index in [9.17, 15) is 4.79 Å². The lowest BCUT2D eigenvalue weighted by Gasteiger charge is -2.11. The van der Waals surface area contributed by atoms with Crippen LogP contribution in [-0.2, 0) is 9.53 Å². The fourth-order valence-electron chi connectivity index (χ4n) is 1.93. The van der Waals surface area contributed by atoms with Gasteiger partial charge >= 0.3 is 5.97 Å². The van der Waals surface area contributed by atoms with Gasteiger partial charge < -0.3 is 9.47 Å². The maximum absolute atomic E-state index is 11.9. The zero-order chi connectivity index (χ0) is 14.3. The van der Waals surface area contributed by atoms with Gasteiger partial charge in [0.15, 0.2) is 0 Å². The standard InChI is InChI=1S/C16H22O3/c1-5-6-7-15(16(17)19-4)12(2)13-8-10-14(18-3)11-9-13/h8-11H,5-7H2,1-4H3/b15-12-. The van der Waals surface area contributed by atoms with Crippen molar-refractivity contribution in [3.63, 3.8) is 0 Å². The topological polar surface area (TPSA) is 35.5 Å². The van der Waals surface area contributed by atoms with E-state index in [2.05, 4.69) is 6.92 Å². The smallest absolute Gasteiger partial charge is 0.334 e. The van der Waals surface area contributed by atoms with Crippen LogP contribution in [0.1, 0.15) is 38.7 Å². The van der Waals surface area contributed by atoms with Gasteiger partial charge in [0, 0.05) is 5.57 Å². The first-order chi connectivity index (χ1) is 9.13. The molecule has 19 heavy (non-hydrogen) atoms. The van der Waals surface area contributed by atoms with Gasteiger partial charge in [-0.25, -0.2) is 4.79 Å². The van der Waals surface area contributed by atoms with Crippen LogP contribution >= 0.6 is 0 Å². The van der Waals surface area contributed by atoms with Crippen LogP contribution in [0.5, 0.6) is 5.75 Å². The second kappa shape index (κ2) is 7.62. The molecule has 0 aliphatic heterocycles. The number of rotatable bonds is 6. The van der Waals surface area contributed by atoms with E-state index in [-0.39, 0.29) is 5.97 Å². The first-order valence-electron chi connectivity index (χ1n) is 6.56. The molecule has 0 saturated carbocycles. The number of unbranched alkanes of at least 4 members (excludes halogenated alkanes) is 1. The molecule has 1 aromatic rings. The molecule has 0 unspecified atom stereocenters. The monoisotopic (exact) mass is 262 g/mol. The number of methoxy groups -OCH3 is 2. The number of carbonyl (C=O) groups is 1. The molecule has 1 aromatic carbocycles. The molecule has 0 heterocycles. The summed E-state index contributed by atoms with van der Waals surface area (Å²) in [4.78, 5) is 11.9. The Balaban J connectivity index is 3.07. The molecule has 0 aliphatic rings. The molecule has 1 rings (SSSR count). The van der Waals surface area contributed by atoms with E-state index in [1.165, 1.54) is 7.11 Å². The highest BCUT2D eigenvalue weighted by Gasteiger charge is 2.14. The summed E-state index contributed by atoms with van der Waals surface area (Å²) in [6.07, 6.45) is 2.79. The van der Waals surface area contributed by atoms with Crippen LogP contribution in [0.3, 0.4) is 0 Å². The van der Waals surface area contributed by atoms with E-state index in [1.807, 2.05) is 31.2 Å². The van der Waals surface area contributed by atoms with Crippen molar-refractivity contribution in [2.75, 3.05) is 14.2 Å². The Bertz CT molecular complexity index is 444. The Morgan fingerprint density at radius 3 is 2.26 bits per heavy atom. The first kappa shape index (κ1) is 15.3. The molecule has 0 bridgehead atoms. The molecule has 3 nitrogen and oxygen atoms in total. The average Bonchev–Trinajstić information content (AvgIpc) is 2.47. The number of allylic oxidation sites excluding steroid dienone is 1. The van der Waals surface area contributed by atoms with Crippen molar-refractivity contribution in [1.29, 1.82) is 0 Å². The molecular formula is C16H22O3. The molecule has 0 radical (unpaired) electrons. The summed E-state index contributed by atoms with van der Waals surface area (Å²) in [7, 11) is 3.06. The van der Waals surface area contributed by atoms with Crippen molar-refractivity contribution < 1.29 is 14.3 Å². The van der Waals surface area contributed by atoms with Gasteiger partial charge in [0.25, 0.3) is 0 Å². The zero-order valence-corrected chi connectivity index (χ0v) is 12.2. The Labute approximate surface area is 115 Å². The molecule has 0 aromatic heterocycles. The van der Waals surface area contributed by atoms with Gasteiger partial charge in [-0.3, -0.25) is 0 Å². The molecule has 104 valence electrons. The Hall–Kier alpha value is -1.77. The fraction of sp³-hybridized carbons (Fsp3) is 0.438. The highest BCUT2D eigenvalue weighted by molar-refractivity contribution is 5.97. The molecule has 0 spiro atoms. The summed E-state index contributed by atoms with van der Waals surface area (Å²) in [6, 6.07) is 7.72. The molecule has 0 atom stereocenters. The van der Waals surface area contributed by atoms with Gasteiger partial charge in [-0.05, 0) is 43.0 Å². The summed E-state index contributed by atoms with van der Waals surface area (Å²) >= 11 is 0. The highest BCUT2D eigenvalue weighted by atomic mass is 16.5. The van der Waals surface area contributed by atoms with Crippen molar-refractivity contribution >= 4 is 11.5 Å². The summed E-state index contributed by atoms with van der Waals surface area (Å²) in [5.74, 6) is 0.575. The first-order valence-corrected chi connectivity index (χ1v) is 6.56. The maximum Gasteiger partial charge on any atom is 0.334 e. The highest BCUT2D eigenvalue weighted by Crippen LogP contribution is 2.24. The van der Waals surface area contributed by atoms with Gasteiger partial charge in [0.05, 0.1) is 14.2 Å². The average molecular weight is 262 g/mol. The molecule has 0 aliphatic carbocycles. The lowest BCUT2D eigenvalue weighted by molar-refractivity contribution is -0.136. The van der Waals surface area contributed by atoms with E-state index in [0.29, 0.717) is 0 Å². The third-order valence-electron chi connectivity index (χ3n) is 3.19. The molecule has 0 amide bonds. The second-order valence-electron chi connectivity index (χ2n) is 4.43. The van der Waals surface area contributed by atoms with Crippen molar-refractivity contribution in [2.24, 2.45) is 0 Å². The minimum Gasteiger partial charge on any atom is -0.497 e. The molecular weight excluding hydrogens is 240 g/mol. The SMILES string of the molecule is CCCC/C(C(=O)OC)=C(\C)c1ccc(OC)cc1. The van der Waals surface area contributed by atoms with Gasteiger partial charge in [-0.1, -0.05) is 25.5 Å². The quantitative estimate of drug-likeness (QED) is 0.577. The lowest BCUT2D eigenvalue weighted by Crippen LogP contribution is -2.07. The predicted molar refractivity (Wildman–Crippen MR) is 77.1 cm³/mol. The minimum atomic E-state index is -0.234. The van der Waals surface area contributed by atoms with E-state index in [1.54, 1.807) is 7.11 Å². The van der Waals surface area contributed by atoms with Crippen LogP contribution in [-0.4, -0.2) is 20.2 Å². The summed E-state index contributed by atoms with van der Waals surface area (Å²) in [5.41, 5.74) is 2.76. The van der Waals surface area contributed by atoms with Gasteiger partial charge in [0.1, 0.15) is 5.75 Å². The maximum atomic E-state index is 11.9. The van der Waals surface area contributed by atoms with Crippen molar-refractivity contribution in [2.45, 2.75) is 33.1 Å². The minimum absolute atomic E-state index is 0.234. The van der Waals surface area contributed by atoms with Crippen LogP contribution in [0.25, 0.3) is 5.57 Å². The normalized spacial score (nSPS) is 11.8. The molecule has 3 heteroatoms. The number of carbonyl (C=O) groups excluding carboxylic acids is 1. The van der Waals surface area contributed by atoms with Gasteiger partial charge in [-0.15, -0.1) is 0 Å². The van der Waals surface area contributed by atoms with E-state index < -0.39 is 0 Å². The third-order valence-corrected chi connectivity index (χ3v) is 3.19. The van der Waals surface area contributed by atoms with Crippen LogP contribution in [0.4, 0.5) is 0 Å². The fourth-order valence-corrected chi connectivity index (χ4v) is 1.93. The Morgan fingerprint density at radius 2 is 1.79 bits per heavy atom. The van der Waals surface area contributed by atoms with Crippen molar-refractivity contribution in [1.82, 2.24) is 0 Å². The second-order valence-corrected chi connectivity index (χ2v) is 4.43. The summed E-state index contributed by atoms with van der Waals surface area (Å²) < 4.78 is 10.0. The number of hydrogen-bond acceptors (Lipinski definition) is 3. The molecule has 0 saturated heterocycles. The van der Waals surface area contributed by atoms with Crippen LogP contribution in [0, 0.1) is 0 Å². The third kappa shape index (κ3) is 4.12. The number of benzene rings is 1. The van der Waals surface area contributed by atoms with Crippen LogP contribution < -0.4 is 4.74 Å². The van der Waals surface area contributed by atoms with Crippen molar-refractivity contribution in [3.05, 3.63) is 35.4 Å². The number of ether oxygens (including phenoxy) is 2. The van der Waals surface area contributed by atoms with Crippen LogP contribution in [0.15, 0.2) is 29.8 Å². The van der Waals surface area contributed by atoms with Crippen LogP contribution in [0.2, 0.25) is 0 Å². The Kier molecular flexibility index (Phi) is 6.13. The summed E-state index contributed by atoms with van der Waals surface area (Å²) in [6.45, 7) is 4.07. The lowest BCUT2D eigenvalue weighted by atomic mass is 9.97. The Morgan fingerprint density at radius 1 is 1.16 bits per heavy atom. The van der Waals surface area contributed by atoms with E-state index in [0.717, 1.165) is 41.7 Å². The van der Waals surface area contributed by atoms with E-state index in [4.69, 9.17) is 9.47 Å². The van der Waals surface area contributed by atoms with Gasteiger partial charge in [-0.2, -0.15) is 0 Å². The number of hydrogen-bond donors (Lipinski definition) is 0. The van der Waals surface area contributed by atoms with Crippen molar-refractivity contribution in [3.8, 4) is 5.75 Å². The predicted octanol–water partition coefficient (Wildman–Crippen LogP) is 3.83.